The number of carbonyl (C=O) groups is 1. The normalized spacial score (nSPS) is 11.2. The molecule has 4 aromatic rings. The summed E-state index contributed by atoms with van der Waals surface area (Å²) in [5, 5.41) is 2.97. The van der Waals surface area contributed by atoms with Crippen molar-refractivity contribution in [3.05, 3.63) is 102 Å². The summed E-state index contributed by atoms with van der Waals surface area (Å²) in [7, 11) is 0. The van der Waals surface area contributed by atoms with Gasteiger partial charge < -0.3 is 14.6 Å². The number of imidazole rings is 1. The van der Waals surface area contributed by atoms with Gasteiger partial charge in [0.1, 0.15) is 11.6 Å². The molecule has 0 spiro atoms. The molecular weight excluding hydrogens is 410 g/mol. The molecule has 168 valence electrons. The first-order valence-corrected chi connectivity index (χ1v) is 11.3. The summed E-state index contributed by atoms with van der Waals surface area (Å²) in [5.74, 6) is 1.64. The predicted molar refractivity (Wildman–Crippen MR) is 133 cm³/mol. The summed E-state index contributed by atoms with van der Waals surface area (Å²) in [6.45, 7) is 3.94. The van der Waals surface area contributed by atoms with Crippen LogP contribution in [0, 0.1) is 6.92 Å². The Bertz CT molecular complexity index is 1230. The summed E-state index contributed by atoms with van der Waals surface area (Å²) >= 11 is 0. The van der Waals surface area contributed by atoms with Crippen LogP contribution in [0.4, 0.5) is 0 Å². The molecule has 1 N–H and O–H groups in total. The van der Waals surface area contributed by atoms with Crippen LogP contribution in [0.5, 0.6) is 5.75 Å². The highest BCUT2D eigenvalue weighted by Crippen LogP contribution is 2.18. The van der Waals surface area contributed by atoms with Crippen molar-refractivity contribution in [2.24, 2.45) is 0 Å². The van der Waals surface area contributed by atoms with E-state index in [1.54, 1.807) is 6.08 Å². The van der Waals surface area contributed by atoms with Gasteiger partial charge in [-0.1, -0.05) is 54.6 Å². The molecule has 0 saturated carbocycles. The third-order valence-electron chi connectivity index (χ3n) is 5.42. The lowest BCUT2D eigenvalue weighted by Crippen LogP contribution is -2.22. The molecule has 3 aromatic carbocycles. The van der Waals surface area contributed by atoms with Gasteiger partial charge in [-0.05, 0) is 61.2 Å². The molecular formula is C28H29N3O2. The number of unbranched alkanes of at least 4 members (excludes halogenated alkanes) is 1. The Kier molecular flexibility index (Phi) is 7.54. The van der Waals surface area contributed by atoms with Gasteiger partial charge in [-0.2, -0.15) is 0 Å². The minimum absolute atomic E-state index is 0.135. The van der Waals surface area contributed by atoms with Gasteiger partial charge in [0.05, 0.1) is 24.2 Å². The molecule has 4 rings (SSSR count). The molecule has 0 bridgehead atoms. The Morgan fingerprint density at radius 3 is 2.67 bits per heavy atom. The van der Waals surface area contributed by atoms with Gasteiger partial charge in [0.25, 0.3) is 0 Å². The molecule has 5 heteroatoms. The maximum atomic E-state index is 12.3. The number of hydrogen-bond donors (Lipinski definition) is 1. The van der Waals surface area contributed by atoms with E-state index in [0.717, 1.165) is 47.6 Å². The molecule has 0 atom stereocenters. The van der Waals surface area contributed by atoms with E-state index in [1.807, 2.05) is 66.7 Å². The van der Waals surface area contributed by atoms with Crippen molar-refractivity contribution in [1.82, 2.24) is 14.9 Å². The van der Waals surface area contributed by atoms with Crippen molar-refractivity contribution >= 4 is 23.0 Å². The van der Waals surface area contributed by atoms with E-state index in [0.29, 0.717) is 13.2 Å². The first-order valence-electron chi connectivity index (χ1n) is 11.3. The van der Waals surface area contributed by atoms with Gasteiger partial charge in [0.15, 0.2) is 0 Å². The first-order chi connectivity index (χ1) is 16.2. The van der Waals surface area contributed by atoms with Crippen molar-refractivity contribution in [2.45, 2.75) is 32.9 Å². The third kappa shape index (κ3) is 6.32. The molecule has 0 aliphatic carbocycles. The zero-order valence-electron chi connectivity index (χ0n) is 18.9. The quantitative estimate of drug-likeness (QED) is 0.261. The van der Waals surface area contributed by atoms with Crippen molar-refractivity contribution in [3.63, 3.8) is 0 Å². The zero-order chi connectivity index (χ0) is 22.9. The fourth-order valence-electron chi connectivity index (χ4n) is 3.74. The molecule has 1 amide bonds. The molecule has 0 radical (unpaired) electrons. The maximum absolute atomic E-state index is 12.3. The predicted octanol–water partition coefficient (Wildman–Crippen LogP) is 5.53. The molecule has 5 nitrogen and oxygen atoms in total. The number of nitrogens with zero attached hydrogens (tertiary/aromatic N) is 2. The fourth-order valence-corrected chi connectivity index (χ4v) is 3.74. The molecule has 0 aliphatic heterocycles. The van der Waals surface area contributed by atoms with E-state index in [1.165, 1.54) is 5.56 Å². The number of fused-ring (bicyclic) bond motifs is 1. The standard InChI is InChI=1S/C28H29N3O2/c1-22-10-9-13-24(20-22)33-19-8-7-18-31-26-15-6-5-14-25(26)30-27(31)21-29-28(32)17-16-23-11-3-2-4-12-23/h2-6,9-17,20H,7-8,18-19,21H2,1H3,(H,29,32)/b17-16-. The van der Waals surface area contributed by atoms with E-state index in [2.05, 4.69) is 35.0 Å². The molecule has 0 unspecified atom stereocenters. The lowest BCUT2D eigenvalue weighted by molar-refractivity contribution is -0.116. The number of amides is 1. The highest BCUT2D eigenvalue weighted by Gasteiger charge is 2.11. The van der Waals surface area contributed by atoms with Crippen LogP contribution in [-0.4, -0.2) is 22.1 Å². The van der Waals surface area contributed by atoms with Crippen molar-refractivity contribution in [2.75, 3.05) is 6.61 Å². The van der Waals surface area contributed by atoms with Gasteiger partial charge in [0.2, 0.25) is 5.91 Å². The van der Waals surface area contributed by atoms with Crippen LogP contribution in [0.1, 0.15) is 29.8 Å². The third-order valence-corrected chi connectivity index (χ3v) is 5.42. The number of carbonyl (C=O) groups excluding carboxylic acids is 1. The number of hydrogen-bond acceptors (Lipinski definition) is 3. The minimum atomic E-state index is -0.135. The van der Waals surface area contributed by atoms with Crippen molar-refractivity contribution < 1.29 is 9.53 Å². The van der Waals surface area contributed by atoms with Crippen LogP contribution in [0.15, 0.2) is 84.9 Å². The number of rotatable bonds is 10. The summed E-state index contributed by atoms with van der Waals surface area (Å²) in [6, 6.07) is 26.0. The second kappa shape index (κ2) is 11.1. The summed E-state index contributed by atoms with van der Waals surface area (Å²) in [4.78, 5) is 17.1. The van der Waals surface area contributed by atoms with Crippen LogP contribution < -0.4 is 10.1 Å². The van der Waals surface area contributed by atoms with E-state index in [9.17, 15) is 4.79 Å². The van der Waals surface area contributed by atoms with Crippen LogP contribution in [0.3, 0.4) is 0 Å². The SMILES string of the molecule is Cc1cccc(OCCCCn2c(CNC(=O)/C=C\c3ccccc3)nc3ccccc32)c1. The number of benzene rings is 3. The minimum Gasteiger partial charge on any atom is -0.494 e. The molecule has 1 aromatic heterocycles. The van der Waals surface area contributed by atoms with Crippen molar-refractivity contribution in [3.8, 4) is 5.75 Å². The van der Waals surface area contributed by atoms with Crippen LogP contribution in [0.25, 0.3) is 17.1 Å². The van der Waals surface area contributed by atoms with Gasteiger partial charge in [-0.15, -0.1) is 0 Å². The molecule has 0 saturated heterocycles. The highest BCUT2D eigenvalue weighted by molar-refractivity contribution is 5.91. The second-order valence-corrected chi connectivity index (χ2v) is 8.00. The van der Waals surface area contributed by atoms with E-state index in [4.69, 9.17) is 9.72 Å². The number of para-hydroxylation sites is 2. The molecule has 1 heterocycles. The summed E-state index contributed by atoms with van der Waals surface area (Å²) in [6.07, 6.45) is 5.27. The summed E-state index contributed by atoms with van der Waals surface area (Å²) < 4.78 is 8.07. The largest absolute Gasteiger partial charge is 0.494 e. The van der Waals surface area contributed by atoms with Crippen LogP contribution in [-0.2, 0) is 17.9 Å². The average Bonchev–Trinajstić information content (AvgIpc) is 3.19. The molecule has 33 heavy (non-hydrogen) atoms. The van der Waals surface area contributed by atoms with Crippen LogP contribution in [0.2, 0.25) is 0 Å². The molecule has 0 fully saturated rings. The Morgan fingerprint density at radius 1 is 1.00 bits per heavy atom. The second-order valence-electron chi connectivity index (χ2n) is 8.00. The number of ether oxygens (including phenoxy) is 1. The Balaban J connectivity index is 1.34. The van der Waals surface area contributed by atoms with E-state index >= 15 is 0 Å². The van der Waals surface area contributed by atoms with E-state index in [-0.39, 0.29) is 5.91 Å². The van der Waals surface area contributed by atoms with Crippen molar-refractivity contribution in [1.29, 1.82) is 0 Å². The Morgan fingerprint density at radius 2 is 1.82 bits per heavy atom. The van der Waals surface area contributed by atoms with Gasteiger partial charge in [-0.3, -0.25) is 4.79 Å². The maximum Gasteiger partial charge on any atom is 0.244 e. The number of nitrogens with one attached hydrogen (secondary N) is 1. The Hall–Kier alpha value is -3.86. The fraction of sp³-hybridized carbons (Fsp3) is 0.214. The number of aromatic nitrogens is 2. The lowest BCUT2D eigenvalue weighted by atomic mass is 10.2. The smallest absolute Gasteiger partial charge is 0.244 e. The lowest BCUT2D eigenvalue weighted by Gasteiger charge is -2.11. The van der Waals surface area contributed by atoms with Gasteiger partial charge >= 0.3 is 0 Å². The van der Waals surface area contributed by atoms with E-state index < -0.39 is 0 Å². The summed E-state index contributed by atoms with van der Waals surface area (Å²) in [5.41, 5.74) is 4.22. The average molecular weight is 440 g/mol. The first kappa shape index (κ1) is 22.3. The van der Waals surface area contributed by atoms with Crippen LogP contribution >= 0.6 is 0 Å². The monoisotopic (exact) mass is 439 g/mol. The number of aryl methyl sites for hydroxylation is 2. The van der Waals surface area contributed by atoms with Gasteiger partial charge in [-0.25, -0.2) is 4.98 Å². The Labute approximate surface area is 194 Å². The van der Waals surface area contributed by atoms with Gasteiger partial charge in [0, 0.05) is 12.6 Å². The molecule has 0 aliphatic rings. The zero-order valence-corrected chi connectivity index (χ0v) is 18.9. The topological polar surface area (TPSA) is 56.1 Å². The highest BCUT2D eigenvalue weighted by atomic mass is 16.5.